The Morgan fingerprint density at radius 2 is 1.75 bits per heavy atom. The summed E-state index contributed by atoms with van der Waals surface area (Å²) in [7, 11) is 0. The molecule has 0 aromatic rings. The second kappa shape index (κ2) is 9.34. The van der Waals surface area contributed by atoms with Crippen molar-refractivity contribution in [2.45, 2.75) is 86.4 Å². The van der Waals surface area contributed by atoms with Crippen LogP contribution >= 0.6 is 0 Å². The number of nitrogens with one attached hydrogen (secondary N) is 3. The summed E-state index contributed by atoms with van der Waals surface area (Å²) in [5.41, 5.74) is 4.56. The zero-order valence-electron chi connectivity index (χ0n) is 22.9. The fourth-order valence-corrected chi connectivity index (χ4v) is 6.08. The van der Waals surface area contributed by atoms with E-state index in [9.17, 15) is 24.0 Å². The molecule has 10 heteroatoms. The number of carbonyl (C=O) groups excluding carboxylic acids is 5. The van der Waals surface area contributed by atoms with E-state index in [0.717, 1.165) is 0 Å². The first-order valence-corrected chi connectivity index (χ1v) is 12.9. The lowest BCUT2D eigenvalue weighted by molar-refractivity contribution is -0.146. The fraction of sp³-hybridized carbons (Fsp3) is 0.808. The number of primary amides is 1. The minimum Gasteiger partial charge on any atom is -0.368 e. The van der Waals surface area contributed by atoms with Crippen LogP contribution in [0.3, 0.4) is 0 Å². The Kier molecular flexibility index (Phi) is 7.24. The summed E-state index contributed by atoms with van der Waals surface area (Å²) in [5.74, 6) is -2.68. The van der Waals surface area contributed by atoms with Gasteiger partial charge in [0.2, 0.25) is 29.5 Å². The monoisotopic (exact) mass is 505 g/mol. The van der Waals surface area contributed by atoms with Gasteiger partial charge < -0.3 is 26.6 Å². The third kappa shape index (κ3) is 4.83. The zero-order valence-corrected chi connectivity index (χ0v) is 22.9. The van der Waals surface area contributed by atoms with Crippen molar-refractivity contribution in [1.82, 2.24) is 20.9 Å². The number of carbonyl (C=O) groups is 5. The first-order chi connectivity index (χ1) is 16.4. The van der Waals surface area contributed by atoms with Gasteiger partial charge in [0.15, 0.2) is 0 Å². The van der Waals surface area contributed by atoms with Crippen LogP contribution in [0.15, 0.2) is 0 Å². The molecular weight excluding hydrogens is 462 g/mol. The van der Waals surface area contributed by atoms with Crippen molar-refractivity contribution in [3.63, 3.8) is 0 Å². The van der Waals surface area contributed by atoms with E-state index in [4.69, 9.17) is 5.73 Å². The molecule has 0 aromatic heterocycles. The smallest absolute Gasteiger partial charge is 0.246 e. The van der Waals surface area contributed by atoms with Crippen molar-refractivity contribution in [2.75, 3.05) is 13.1 Å². The number of hydrogen-bond donors (Lipinski definition) is 4. The molecule has 2 heterocycles. The summed E-state index contributed by atoms with van der Waals surface area (Å²) in [5, 5.41) is 8.38. The van der Waals surface area contributed by atoms with Gasteiger partial charge in [0.05, 0.1) is 0 Å². The number of piperidine rings is 1. The van der Waals surface area contributed by atoms with E-state index >= 15 is 0 Å². The highest BCUT2D eigenvalue weighted by Crippen LogP contribution is 2.74. The van der Waals surface area contributed by atoms with E-state index in [1.54, 1.807) is 18.7 Å². The van der Waals surface area contributed by atoms with Gasteiger partial charge in [-0.25, -0.2) is 0 Å². The van der Waals surface area contributed by atoms with Gasteiger partial charge in [-0.15, -0.1) is 0 Å². The molecule has 10 nitrogen and oxygen atoms in total. The molecule has 5 N–H and O–H groups in total. The highest BCUT2D eigenvalue weighted by molar-refractivity contribution is 5.96. The number of rotatable bonds is 8. The Morgan fingerprint density at radius 3 is 2.22 bits per heavy atom. The van der Waals surface area contributed by atoms with E-state index in [2.05, 4.69) is 36.7 Å². The van der Waals surface area contributed by atoms with Gasteiger partial charge in [0.25, 0.3) is 0 Å². The predicted octanol–water partition coefficient (Wildman–Crippen LogP) is 0.543. The van der Waals surface area contributed by atoms with E-state index < -0.39 is 41.3 Å². The molecule has 1 aliphatic carbocycles. The van der Waals surface area contributed by atoms with Gasteiger partial charge in [-0.3, -0.25) is 24.0 Å². The molecule has 1 saturated carbocycles. The van der Waals surface area contributed by atoms with Crippen LogP contribution in [0.25, 0.3) is 0 Å². The minimum atomic E-state index is -1.02. The maximum atomic E-state index is 13.9. The molecule has 36 heavy (non-hydrogen) atoms. The van der Waals surface area contributed by atoms with Crippen LogP contribution in [0.2, 0.25) is 0 Å². The Labute approximate surface area is 213 Å². The maximum absolute atomic E-state index is 13.9. The molecule has 3 aliphatic rings. The standard InChI is InChI=1S/C26H43N5O5/c1-13(2)20(33)30-18(24(3,4)5)23(36)31-12-26(8)17(25(26,6)7)16(31)22(35)29-15(19(27)32)11-14-9-10-28-21(14)34/h13-18H,9-12H2,1-8H3,(H2,27,32)(H,28,34)(H,29,35)(H,30,33)/t14-,15-,16-,17-,18+,26-/m0/s1. The zero-order chi connectivity index (χ0) is 27.4. The molecule has 6 atom stereocenters. The van der Waals surface area contributed by atoms with Crippen LogP contribution in [0.4, 0.5) is 0 Å². The summed E-state index contributed by atoms with van der Waals surface area (Å²) in [6, 6.07) is -2.64. The second-order valence-electron chi connectivity index (χ2n) is 13.0. The Bertz CT molecular complexity index is 955. The normalized spacial score (nSPS) is 30.3. The average Bonchev–Trinajstić information content (AvgIpc) is 3.11. The lowest BCUT2D eigenvalue weighted by atomic mass is 9.84. The summed E-state index contributed by atoms with van der Waals surface area (Å²) < 4.78 is 0. The molecule has 2 saturated heterocycles. The first-order valence-electron chi connectivity index (χ1n) is 12.9. The van der Waals surface area contributed by atoms with Crippen LogP contribution < -0.4 is 21.7 Å². The molecule has 0 spiro atoms. The fourth-order valence-electron chi connectivity index (χ4n) is 6.08. The van der Waals surface area contributed by atoms with Gasteiger partial charge in [-0.1, -0.05) is 55.4 Å². The number of nitrogens with two attached hydrogens (primary N) is 1. The van der Waals surface area contributed by atoms with Gasteiger partial charge >= 0.3 is 0 Å². The topological polar surface area (TPSA) is 151 Å². The Hall–Kier alpha value is -2.65. The molecule has 5 amide bonds. The SMILES string of the molecule is CC(C)C(=O)N[C@H](C(=O)N1C[C@@]2(C)[C@@H]([C@H]1C(=O)N[C@@H](C[C@@H]1CCNC1=O)C(N)=O)C2(C)C)C(C)(C)C. The molecule has 0 radical (unpaired) electrons. The molecule has 0 unspecified atom stereocenters. The minimum absolute atomic E-state index is 0.112. The molecule has 3 fully saturated rings. The second-order valence-corrected chi connectivity index (χ2v) is 13.0. The van der Waals surface area contributed by atoms with Crippen LogP contribution in [0, 0.1) is 34.0 Å². The van der Waals surface area contributed by atoms with Crippen molar-refractivity contribution < 1.29 is 24.0 Å². The number of likely N-dealkylation sites (tertiary alicyclic amines) is 1. The molecular formula is C26H43N5O5. The summed E-state index contributed by atoms with van der Waals surface area (Å²) in [6.45, 7) is 16.3. The molecule has 202 valence electrons. The number of hydrogen-bond acceptors (Lipinski definition) is 5. The Morgan fingerprint density at radius 1 is 1.14 bits per heavy atom. The van der Waals surface area contributed by atoms with Crippen molar-refractivity contribution in [3.8, 4) is 0 Å². The lowest BCUT2D eigenvalue weighted by Crippen LogP contribution is -2.61. The Balaban J connectivity index is 1.87. The number of nitrogens with zero attached hydrogens (tertiary/aromatic N) is 1. The third-order valence-corrected chi connectivity index (χ3v) is 8.82. The van der Waals surface area contributed by atoms with E-state index in [1.165, 1.54) is 0 Å². The van der Waals surface area contributed by atoms with Gasteiger partial charge in [0, 0.05) is 30.8 Å². The average molecular weight is 506 g/mol. The van der Waals surface area contributed by atoms with Gasteiger partial charge in [-0.2, -0.15) is 0 Å². The van der Waals surface area contributed by atoms with Crippen molar-refractivity contribution in [2.24, 2.45) is 39.7 Å². The van der Waals surface area contributed by atoms with Gasteiger partial charge in [0.1, 0.15) is 18.1 Å². The highest BCUT2D eigenvalue weighted by atomic mass is 16.2. The van der Waals surface area contributed by atoms with Crippen molar-refractivity contribution in [1.29, 1.82) is 0 Å². The van der Waals surface area contributed by atoms with Gasteiger partial charge in [-0.05, 0) is 29.1 Å². The van der Waals surface area contributed by atoms with E-state index in [-0.39, 0.29) is 46.8 Å². The van der Waals surface area contributed by atoms with Crippen molar-refractivity contribution in [3.05, 3.63) is 0 Å². The largest absolute Gasteiger partial charge is 0.368 e. The van der Waals surface area contributed by atoms with E-state index in [1.807, 2.05) is 20.8 Å². The van der Waals surface area contributed by atoms with Crippen LogP contribution in [0.5, 0.6) is 0 Å². The van der Waals surface area contributed by atoms with Crippen LogP contribution in [-0.4, -0.2) is 65.7 Å². The summed E-state index contributed by atoms with van der Waals surface area (Å²) >= 11 is 0. The highest BCUT2D eigenvalue weighted by Gasteiger charge is 2.77. The predicted molar refractivity (Wildman–Crippen MR) is 134 cm³/mol. The molecule has 3 rings (SSSR count). The van der Waals surface area contributed by atoms with E-state index in [0.29, 0.717) is 19.5 Å². The van der Waals surface area contributed by atoms with Crippen molar-refractivity contribution >= 4 is 29.5 Å². The van der Waals surface area contributed by atoms with Crippen LogP contribution in [0.1, 0.15) is 68.2 Å². The lowest BCUT2D eigenvalue weighted by Gasteiger charge is -2.38. The maximum Gasteiger partial charge on any atom is 0.246 e. The summed E-state index contributed by atoms with van der Waals surface area (Å²) in [4.78, 5) is 66.0. The first kappa shape index (κ1) is 27.9. The summed E-state index contributed by atoms with van der Waals surface area (Å²) in [6.07, 6.45) is 0.691. The molecule has 2 aliphatic heterocycles. The number of amides is 5. The molecule has 0 bridgehead atoms. The van der Waals surface area contributed by atoms with Crippen LogP contribution in [-0.2, 0) is 24.0 Å². The number of fused-ring (bicyclic) bond motifs is 1. The quantitative estimate of drug-likeness (QED) is 0.380. The molecule has 0 aromatic carbocycles. The third-order valence-electron chi connectivity index (χ3n) is 8.82.